The number of ketones is 1. The average Bonchev–Trinajstić information content (AvgIpc) is 2.94. The summed E-state index contributed by atoms with van der Waals surface area (Å²) in [5, 5.41) is 4.21. The van der Waals surface area contributed by atoms with Crippen molar-refractivity contribution in [2.24, 2.45) is 0 Å². The zero-order valence-corrected chi connectivity index (χ0v) is 16.6. The number of carbonyl (C=O) groups excluding carboxylic acids is 3. The number of rotatable bonds is 7. The maximum atomic E-state index is 12.6. The van der Waals surface area contributed by atoms with Crippen molar-refractivity contribution in [1.29, 1.82) is 0 Å². The molecule has 9 heteroatoms. The Bertz CT molecular complexity index is 892. The van der Waals surface area contributed by atoms with Crippen LogP contribution in [0.5, 0.6) is 0 Å². The van der Waals surface area contributed by atoms with Gasteiger partial charge in [0.05, 0.1) is 13.2 Å². The van der Waals surface area contributed by atoms with E-state index in [2.05, 4.69) is 5.10 Å². The molecule has 0 amide bonds. The molecule has 0 fully saturated rings. The Morgan fingerprint density at radius 2 is 1.70 bits per heavy atom. The van der Waals surface area contributed by atoms with Gasteiger partial charge in [-0.1, -0.05) is 35.3 Å². The number of ether oxygens (including phenoxy) is 2. The highest BCUT2D eigenvalue weighted by atomic mass is 35.5. The van der Waals surface area contributed by atoms with Gasteiger partial charge in [-0.3, -0.25) is 4.79 Å². The molecule has 7 nitrogen and oxygen atoms in total. The minimum atomic E-state index is -0.794. The number of hydrogen-bond acceptors (Lipinski definition) is 6. The zero-order chi connectivity index (χ0) is 20.1. The van der Waals surface area contributed by atoms with Gasteiger partial charge in [0.25, 0.3) is 0 Å². The Morgan fingerprint density at radius 3 is 2.30 bits per heavy atom. The number of aromatic nitrogens is 2. The van der Waals surface area contributed by atoms with Crippen molar-refractivity contribution in [2.75, 3.05) is 13.2 Å². The van der Waals surface area contributed by atoms with E-state index in [4.69, 9.17) is 32.7 Å². The highest BCUT2D eigenvalue weighted by molar-refractivity contribution is 6.36. The second-order valence-electron chi connectivity index (χ2n) is 5.50. The standard InChI is InChI=1S/C18H18Cl2N2O5/c1-4-26-17(24)15-14(20)16(18(25)27-5-2)22(21-15)9-13(23)11-7-6-10(3)12(19)8-11/h6-8H,4-5,9H2,1-3H3. The third kappa shape index (κ3) is 4.67. The molecule has 2 rings (SSSR count). The third-order valence-electron chi connectivity index (χ3n) is 3.62. The lowest BCUT2D eigenvalue weighted by Gasteiger charge is -2.07. The van der Waals surface area contributed by atoms with Crippen molar-refractivity contribution >= 4 is 40.9 Å². The minimum absolute atomic E-state index is 0.0938. The summed E-state index contributed by atoms with van der Waals surface area (Å²) in [4.78, 5) is 36.9. The van der Waals surface area contributed by atoms with Gasteiger partial charge in [-0.15, -0.1) is 0 Å². The first kappa shape index (κ1) is 20.9. The SMILES string of the molecule is CCOC(=O)c1nn(CC(=O)c2ccc(C)c(Cl)c2)c(C(=O)OCC)c1Cl. The molecule has 0 atom stereocenters. The highest BCUT2D eigenvalue weighted by Crippen LogP contribution is 2.24. The summed E-state index contributed by atoms with van der Waals surface area (Å²) in [5.41, 5.74) is 0.723. The normalized spacial score (nSPS) is 10.6. The molecule has 0 aliphatic heterocycles. The van der Waals surface area contributed by atoms with Gasteiger partial charge in [0.15, 0.2) is 17.2 Å². The second-order valence-corrected chi connectivity index (χ2v) is 6.28. The summed E-state index contributed by atoms with van der Waals surface area (Å²) < 4.78 is 10.9. The fourth-order valence-corrected chi connectivity index (χ4v) is 2.74. The van der Waals surface area contributed by atoms with E-state index < -0.39 is 11.9 Å². The molecule has 0 saturated heterocycles. The molecule has 0 unspecified atom stereocenters. The van der Waals surface area contributed by atoms with Crippen LogP contribution in [0, 0.1) is 6.92 Å². The maximum Gasteiger partial charge on any atom is 0.360 e. The molecule has 1 aromatic carbocycles. The summed E-state index contributed by atoms with van der Waals surface area (Å²) >= 11 is 12.2. The van der Waals surface area contributed by atoms with Crippen molar-refractivity contribution < 1.29 is 23.9 Å². The Morgan fingerprint density at radius 1 is 1.07 bits per heavy atom. The maximum absolute atomic E-state index is 12.6. The summed E-state index contributed by atoms with van der Waals surface area (Å²) in [7, 11) is 0. The lowest BCUT2D eigenvalue weighted by atomic mass is 10.1. The van der Waals surface area contributed by atoms with Crippen LogP contribution in [0.15, 0.2) is 18.2 Å². The Hall–Kier alpha value is -2.38. The monoisotopic (exact) mass is 412 g/mol. The van der Waals surface area contributed by atoms with Gasteiger partial charge in [-0.05, 0) is 32.4 Å². The van der Waals surface area contributed by atoms with Crippen LogP contribution in [-0.2, 0) is 16.0 Å². The fourth-order valence-electron chi connectivity index (χ4n) is 2.27. The minimum Gasteiger partial charge on any atom is -0.461 e. The van der Waals surface area contributed by atoms with Gasteiger partial charge in [-0.2, -0.15) is 5.10 Å². The average molecular weight is 413 g/mol. The lowest BCUT2D eigenvalue weighted by molar-refractivity contribution is 0.0505. The number of nitrogens with zero attached hydrogens (tertiary/aromatic N) is 2. The van der Waals surface area contributed by atoms with E-state index in [0.717, 1.165) is 10.2 Å². The van der Waals surface area contributed by atoms with Crippen LogP contribution in [0.1, 0.15) is 50.7 Å². The van der Waals surface area contributed by atoms with E-state index in [1.165, 1.54) is 6.07 Å². The number of aryl methyl sites for hydroxylation is 1. The van der Waals surface area contributed by atoms with Gasteiger partial charge in [0.2, 0.25) is 0 Å². The molecule has 0 aliphatic rings. The summed E-state index contributed by atoms with van der Waals surface area (Å²) in [6.45, 7) is 4.94. The number of hydrogen-bond donors (Lipinski definition) is 0. The van der Waals surface area contributed by atoms with Crippen LogP contribution in [0.25, 0.3) is 0 Å². The quantitative estimate of drug-likeness (QED) is 0.508. The number of carbonyl (C=O) groups is 3. The highest BCUT2D eigenvalue weighted by Gasteiger charge is 2.29. The molecule has 144 valence electrons. The van der Waals surface area contributed by atoms with Crippen molar-refractivity contribution in [3.05, 3.63) is 50.8 Å². The first-order valence-corrected chi connectivity index (χ1v) is 8.95. The van der Waals surface area contributed by atoms with E-state index in [-0.39, 0.29) is 42.0 Å². The molecule has 27 heavy (non-hydrogen) atoms. The van der Waals surface area contributed by atoms with Crippen molar-refractivity contribution in [3.63, 3.8) is 0 Å². The van der Waals surface area contributed by atoms with Gasteiger partial charge in [0.1, 0.15) is 11.6 Å². The predicted molar refractivity (Wildman–Crippen MR) is 99.7 cm³/mol. The van der Waals surface area contributed by atoms with Gasteiger partial charge in [0, 0.05) is 10.6 Å². The van der Waals surface area contributed by atoms with Crippen molar-refractivity contribution in [3.8, 4) is 0 Å². The van der Waals surface area contributed by atoms with Gasteiger partial charge >= 0.3 is 11.9 Å². The molecule has 0 bridgehead atoms. The number of benzene rings is 1. The van der Waals surface area contributed by atoms with Gasteiger partial charge in [-0.25, -0.2) is 14.3 Å². The van der Waals surface area contributed by atoms with Crippen LogP contribution < -0.4 is 0 Å². The van der Waals surface area contributed by atoms with Crippen LogP contribution in [0.4, 0.5) is 0 Å². The molecule has 0 spiro atoms. The number of esters is 2. The summed E-state index contributed by atoms with van der Waals surface area (Å²) in [5.74, 6) is -1.95. The van der Waals surface area contributed by atoms with E-state index in [1.54, 1.807) is 26.0 Å². The van der Waals surface area contributed by atoms with Crippen LogP contribution in [-0.4, -0.2) is 40.7 Å². The molecule has 2 aromatic rings. The zero-order valence-electron chi connectivity index (χ0n) is 15.0. The molecular weight excluding hydrogens is 395 g/mol. The van der Waals surface area contributed by atoms with E-state index in [1.807, 2.05) is 6.92 Å². The van der Waals surface area contributed by atoms with E-state index in [9.17, 15) is 14.4 Å². The second kappa shape index (κ2) is 9.01. The summed E-state index contributed by atoms with van der Waals surface area (Å²) in [6, 6.07) is 4.85. The topological polar surface area (TPSA) is 87.5 Å². The van der Waals surface area contributed by atoms with Crippen LogP contribution in [0.2, 0.25) is 10.0 Å². The molecule has 1 heterocycles. The predicted octanol–water partition coefficient (Wildman–Crippen LogP) is 3.73. The van der Waals surface area contributed by atoms with Crippen molar-refractivity contribution in [1.82, 2.24) is 9.78 Å². The Balaban J connectivity index is 2.42. The molecule has 0 saturated carbocycles. The van der Waals surface area contributed by atoms with Crippen LogP contribution in [0.3, 0.4) is 0 Å². The van der Waals surface area contributed by atoms with Crippen molar-refractivity contribution in [2.45, 2.75) is 27.3 Å². The Kier molecular flexibility index (Phi) is 6.98. The third-order valence-corrected chi connectivity index (χ3v) is 4.38. The Labute approximate surface area is 166 Å². The lowest BCUT2D eigenvalue weighted by Crippen LogP contribution is -2.19. The van der Waals surface area contributed by atoms with E-state index in [0.29, 0.717) is 10.6 Å². The molecule has 0 aliphatic carbocycles. The molecular formula is C18H18Cl2N2O5. The van der Waals surface area contributed by atoms with E-state index >= 15 is 0 Å². The molecule has 1 aromatic heterocycles. The van der Waals surface area contributed by atoms with Crippen LogP contribution >= 0.6 is 23.2 Å². The largest absolute Gasteiger partial charge is 0.461 e. The first-order valence-electron chi connectivity index (χ1n) is 8.20. The number of halogens is 2. The summed E-state index contributed by atoms with van der Waals surface area (Å²) in [6.07, 6.45) is 0. The smallest absolute Gasteiger partial charge is 0.360 e. The fraction of sp³-hybridized carbons (Fsp3) is 0.333. The first-order chi connectivity index (χ1) is 12.8. The van der Waals surface area contributed by atoms with Gasteiger partial charge < -0.3 is 9.47 Å². The molecule has 0 radical (unpaired) electrons. The molecule has 0 N–H and O–H groups in total. The number of Topliss-reactive ketones (excluding diaryl/α,β-unsaturated/α-hetero) is 1.